The van der Waals surface area contributed by atoms with Gasteiger partial charge in [-0.3, -0.25) is 4.79 Å². The first-order valence-corrected chi connectivity index (χ1v) is 6.84. The summed E-state index contributed by atoms with van der Waals surface area (Å²) in [4.78, 5) is 12.0. The lowest BCUT2D eigenvalue weighted by Crippen LogP contribution is -2.24. The molecule has 0 heterocycles. The largest absolute Gasteiger partial charge is 0.325 e. The molecule has 0 saturated carbocycles. The van der Waals surface area contributed by atoms with Crippen LogP contribution in [0.25, 0.3) is 0 Å². The van der Waals surface area contributed by atoms with Crippen LogP contribution in [-0.4, -0.2) is 11.9 Å². The number of hydrogen-bond acceptors (Lipinski definition) is 2. The van der Waals surface area contributed by atoms with Gasteiger partial charge in [-0.2, -0.15) is 0 Å². The van der Waals surface area contributed by atoms with Crippen molar-refractivity contribution in [3.63, 3.8) is 0 Å². The molecule has 2 rings (SSSR count). The number of anilines is 1. The van der Waals surface area contributed by atoms with Gasteiger partial charge in [0.2, 0.25) is 5.91 Å². The summed E-state index contributed by atoms with van der Waals surface area (Å²) in [6, 6.07) is 5.65. The number of rotatable bonds is 2. The Hall–Kier alpha value is -0.650. The predicted molar refractivity (Wildman–Crippen MR) is 75.7 cm³/mol. The van der Waals surface area contributed by atoms with E-state index in [0.29, 0.717) is 6.42 Å². The summed E-state index contributed by atoms with van der Waals surface area (Å²) in [5.74, 6) is -0.149. The van der Waals surface area contributed by atoms with Gasteiger partial charge in [0.05, 0.1) is 11.6 Å². The third kappa shape index (κ3) is 3.18. The Labute approximate surface area is 117 Å². The molecular formula is C12H12Br2N2O. The summed E-state index contributed by atoms with van der Waals surface area (Å²) in [6.07, 6.45) is 4.42. The first-order chi connectivity index (χ1) is 8.06. The highest BCUT2D eigenvalue weighted by Crippen LogP contribution is 2.27. The fraction of sp³-hybridized carbons (Fsp3) is 0.250. The minimum Gasteiger partial charge on any atom is -0.325 e. The topological polar surface area (TPSA) is 55.1 Å². The van der Waals surface area contributed by atoms with Crippen molar-refractivity contribution in [1.82, 2.24) is 0 Å². The Bertz CT molecular complexity index is 474. The number of hydrogen-bond donors (Lipinski definition) is 2. The van der Waals surface area contributed by atoms with Crippen molar-refractivity contribution < 1.29 is 4.79 Å². The van der Waals surface area contributed by atoms with Crippen LogP contribution in [0, 0.1) is 5.92 Å². The number of nitrogens with two attached hydrogens (primary N) is 1. The molecule has 1 aliphatic carbocycles. The number of carbonyl (C=O) groups is 1. The van der Waals surface area contributed by atoms with Gasteiger partial charge in [0.15, 0.2) is 0 Å². The van der Waals surface area contributed by atoms with Crippen LogP contribution in [0.15, 0.2) is 39.3 Å². The number of benzene rings is 1. The Kier molecular flexibility index (Phi) is 4.01. The molecule has 2 unspecified atom stereocenters. The molecule has 1 aromatic carbocycles. The van der Waals surface area contributed by atoms with Crippen LogP contribution >= 0.6 is 31.9 Å². The van der Waals surface area contributed by atoms with E-state index in [1.807, 2.05) is 30.4 Å². The maximum Gasteiger partial charge on any atom is 0.231 e. The van der Waals surface area contributed by atoms with Crippen molar-refractivity contribution >= 4 is 43.5 Å². The van der Waals surface area contributed by atoms with Gasteiger partial charge in [0.25, 0.3) is 0 Å². The molecule has 0 fully saturated rings. The molecule has 0 aliphatic heterocycles. The van der Waals surface area contributed by atoms with Gasteiger partial charge < -0.3 is 11.1 Å². The van der Waals surface area contributed by atoms with E-state index in [2.05, 4.69) is 37.2 Å². The van der Waals surface area contributed by atoms with E-state index in [4.69, 9.17) is 5.73 Å². The number of amides is 1. The molecule has 17 heavy (non-hydrogen) atoms. The minimum absolute atomic E-state index is 0.00306. The van der Waals surface area contributed by atoms with Crippen LogP contribution in [0.5, 0.6) is 0 Å². The van der Waals surface area contributed by atoms with Gasteiger partial charge in [0, 0.05) is 15.0 Å². The highest BCUT2D eigenvalue weighted by Gasteiger charge is 2.23. The fourth-order valence-corrected chi connectivity index (χ4v) is 2.45. The second-order valence-corrected chi connectivity index (χ2v) is 5.77. The molecule has 0 aromatic heterocycles. The van der Waals surface area contributed by atoms with E-state index >= 15 is 0 Å². The Balaban J connectivity index is 2.08. The Morgan fingerprint density at radius 2 is 2.12 bits per heavy atom. The molecule has 1 aromatic rings. The van der Waals surface area contributed by atoms with Crippen LogP contribution in [0.3, 0.4) is 0 Å². The summed E-state index contributed by atoms with van der Waals surface area (Å²) in [7, 11) is 0. The molecule has 5 heteroatoms. The normalized spacial score (nSPS) is 22.8. The van der Waals surface area contributed by atoms with E-state index in [9.17, 15) is 4.79 Å². The summed E-state index contributed by atoms with van der Waals surface area (Å²) in [6.45, 7) is 0. The van der Waals surface area contributed by atoms with Crippen LogP contribution in [-0.2, 0) is 4.79 Å². The van der Waals surface area contributed by atoms with Crippen LogP contribution in [0.4, 0.5) is 5.69 Å². The molecule has 0 radical (unpaired) electrons. The number of nitrogens with one attached hydrogen (secondary N) is 1. The highest BCUT2D eigenvalue weighted by atomic mass is 79.9. The smallest absolute Gasteiger partial charge is 0.231 e. The Morgan fingerprint density at radius 3 is 2.76 bits per heavy atom. The van der Waals surface area contributed by atoms with Crippen molar-refractivity contribution in [3.05, 3.63) is 39.3 Å². The zero-order chi connectivity index (χ0) is 12.4. The molecule has 90 valence electrons. The summed E-state index contributed by atoms with van der Waals surface area (Å²) < 4.78 is 1.79. The molecule has 3 N–H and O–H groups in total. The molecular weight excluding hydrogens is 348 g/mol. The van der Waals surface area contributed by atoms with Crippen molar-refractivity contribution in [1.29, 1.82) is 0 Å². The SMILES string of the molecule is NC1C=CC(C(=O)Nc2cc(Br)ccc2Br)C1. The Morgan fingerprint density at radius 1 is 1.35 bits per heavy atom. The lowest BCUT2D eigenvalue weighted by Gasteiger charge is -2.12. The monoisotopic (exact) mass is 358 g/mol. The third-order valence-electron chi connectivity index (χ3n) is 2.64. The van der Waals surface area contributed by atoms with Gasteiger partial charge in [-0.25, -0.2) is 0 Å². The van der Waals surface area contributed by atoms with E-state index in [1.54, 1.807) is 0 Å². The van der Waals surface area contributed by atoms with Crippen LogP contribution in [0.2, 0.25) is 0 Å². The maximum absolute atomic E-state index is 12.0. The zero-order valence-electron chi connectivity index (χ0n) is 8.99. The molecule has 2 atom stereocenters. The van der Waals surface area contributed by atoms with E-state index < -0.39 is 0 Å². The van der Waals surface area contributed by atoms with E-state index in [-0.39, 0.29) is 17.9 Å². The van der Waals surface area contributed by atoms with Crippen molar-refractivity contribution in [2.75, 3.05) is 5.32 Å². The molecule has 1 aliphatic rings. The first kappa shape index (κ1) is 12.8. The van der Waals surface area contributed by atoms with Gasteiger partial charge >= 0.3 is 0 Å². The van der Waals surface area contributed by atoms with E-state index in [1.165, 1.54) is 0 Å². The zero-order valence-corrected chi connectivity index (χ0v) is 12.2. The van der Waals surface area contributed by atoms with Gasteiger partial charge in [-0.05, 0) is 40.5 Å². The highest BCUT2D eigenvalue weighted by molar-refractivity contribution is 9.11. The van der Waals surface area contributed by atoms with Gasteiger partial charge in [-0.1, -0.05) is 28.1 Å². The van der Waals surface area contributed by atoms with Crippen LogP contribution < -0.4 is 11.1 Å². The fourth-order valence-electron chi connectivity index (χ4n) is 1.74. The number of halogens is 2. The van der Waals surface area contributed by atoms with Gasteiger partial charge in [0.1, 0.15) is 0 Å². The molecule has 0 bridgehead atoms. The lowest BCUT2D eigenvalue weighted by atomic mass is 10.1. The lowest BCUT2D eigenvalue weighted by molar-refractivity contribution is -0.118. The molecule has 0 spiro atoms. The summed E-state index contributed by atoms with van der Waals surface area (Å²) >= 11 is 6.77. The van der Waals surface area contributed by atoms with Crippen LogP contribution in [0.1, 0.15) is 6.42 Å². The average molecular weight is 360 g/mol. The molecule has 1 amide bonds. The summed E-state index contributed by atoms with van der Waals surface area (Å²) in [5, 5.41) is 2.89. The minimum atomic E-state index is -0.129. The van der Waals surface area contributed by atoms with Gasteiger partial charge in [-0.15, -0.1) is 0 Å². The molecule has 0 saturated heterocycles. The number of carbonyl (C=O) groups excluding carboxylic acids is 1. The maximum atomic E-state index is 12.0. The third-order valence-corrected chi connectivity index (χ3v) is 3.82. The second kappa shape index (κ2) is 5.33. The average Bonchev–Trinajstić information content (AvgIpc) is 2.70. The van der Waals surface area contributed by atoms with Crippen molar-refractivity contribution in [2.24, 2.45) is 11.7 Å². The predicted octanol–water partition coefficient (Wildman–Crippen LogP) is 3.05. The van der Waals surface area contributed by atoms with E-state index in [0.717, 1.165) is 14.6 Å². The quantitative estimate of drug-likeness (QED) is 0.797. The van der Waals surface area contributed by atoms with Crippen molar-refractivity contribution in [2.45, 2.75) is 12.5 Å². The molecule has 3 nitrogen and oxygen atoms in total. The summed E-state index contributed by atoms with van der Waals surface area (Å²) in [5.41, 5.74) is 6.49. The second-order valence-electron chi connectivity index (χ2n) is 4.00. The standard InChI is InChI=1S/C12H12Br2N2O/c13-8-2-4-10(14)11(6-8)16-12(17)7-1-3-9(15)5-7/h1-4,6-7,9H,5,15H2,(H,16,17). The van der Waals surface area contributed by atoms with Crippen molar-refractivity contribution in [3.8, 4) is 0 Å². The first-order valence-electron chi connectivity index (χ1n) is 5.26.